The Hall–Kier alpha value is -1.08. The maximum atomic E-state index is 12.0. The summed E-state index contributed by atoms with van der Waals surface area (Å²) in [6, 6.07) is 0. The van der Waals surface area contributed by atoms with Gasteiger partial charge >= 0.3 is 0 Å². The molecule has 0 saturated carbocycles. The van der Waals surface area contributed by atoms with Crippen molar-refractivity contribution in [1.82, 2.24) is 4.37 Å². The Morgan fingerprint density at radius 1 is 1.45 bits per heavy atom. The molecule has 0 saturated heterocycles. The van der Waals surface area contributed by atoms with Crippen LogP contribution < -0.4 is 11.1 Å². The van der Waals surface area contributed by atoms with Crippen LogP contribution in [0.4, 0.5) is 10.8 Å². The minimum atomic E-state index is -3.33. The Labute approximate surface area is 124 Å². The SMILES string of the molecule is CCS(=O)(=O)c1c(N)nsc1NCCC1=CCCCC1. The summed E-state index contributed by atoms with van der Waals surface area (Å²) in [5.74, 6) is 0.145. The number of nitrogen functional groups attached to an aromatic ring is 1. The average molecular weight is 315 g/mol. The molecule has 0 unspecified atom stereocenters. The maximum Gasteiger partial charge on any atom is 0.184 e. The van der Waals surface area contributed by atoms with Gasteiger partial charge in [0.15, 0.2) is 15.7 Å². The first-order chi connectivity index (χ1) is 9.54. The number of hydrogen-bond acceptors (Lipinski definition) is 6. The van der Waals surface area contributed by atoms with Crippen molar-refractivity contribution >= 4 is 32.2 Å². The summed E-state index contributed by atoms with van der Waals surface area (Å²) in [5.41, 5.74) is 7.15. The molecule has 0 aliphatic heterocycles. The Kier molecular flexibility index (Phi) is 5.04. The van der Waals surface area contributed by atoms with Gasteiger partial charge in [-0.1, -0.05) is 18.6 Å². The van der Waals surface area contributed by atoms with Crippen LogP contribution >= 0.6 is 11.5 Å². The van der Waals surface area contributed by atoms with Crippen LogP contribution in [0, 0.1) is 0 Å². The molecule has 112 valence electrons. The van der Waals surface area contributed by atoms with E-state index in [0.29, 0.717) is 5.00 Å². The van der Waals surface area contributed by atoms with Crippen molar-refractivity contribution in [3.63, 3.8) is 0 Å². The zero-order chi connectivity index (χ0) is 14.6. The molecule has 0 spiro atoms. The lowest BCUT2D eigenvalue weighted by Crippen LogP contribution is -2.10. The molecule has 20 heavy (non-hydrogen) atoms. The van der Waals surface area contributed by atoms with E-state index in [1.807, 2.05) is 0 Å². The van der Waals surface area contributed by atoms with Crippen LogP contribution in [-0.2, 0) is 9.84 Å². The molecule has 0 aromatic carbocycles. The predicted octanol–water partition coefficient (Wildman–Crippen LogP) is 2.82. The second-order valence-electron chi connectivity index (χ2n) is 4.91. The van der Waals surface area contributed by atoms with Gasteiger partial charge in [-0.25, -0.2) is 8.42 Å². The van der Waals surface area contributed by atoms with E-state index in [9.17, 15) is 8.42 Å². The highest BCUT2D eigenvalue weighted by Gasteiger charge is 2.23. The smallest absolute Gasteiger partial charge is 0.184 e. The molecule has 1 aliphatic carbocycles. The van der Waals surface area contributed by atoms with Gasteiger partial charge in [-0.3, -0.25) is 0 Å². The van der Waals surface area contributed by atoms with E-state index in [2.05, 4.69) is 15.8 Å². The molecule has 3 N–H and O–H groups in total. The number of aromatic nitrogens is 1. The van der Waals surface area contributed by atoms with Crippen molar-refractivity contribution in [1.29, 1.82) is 0 Å². The van der Waals surface area contributed by atoms with E-state index >= 15 is 0 Å². The lowest BCUT2D eigenvalue weighted by molar-refractivity contribution is 0.598. The van der Waals surface area contributed by atoms with Gasteiger partial charge in [-0.2, -0.15) is 4.37 Å². The molecule has 1 aliphatic rings. The topological polar surface area (TPSA) is 85.1 Å². The first-order valence-corrected chi connectivity index (χ1v) is 9.37. The summed E-state index contributed by atoms with van der Waals surface area (Å²) in [5, 5.41) is 3.75. The van der Waals surface area contributed by atoms with Gasteiger partial charge in [0.05, 0.1) is 5.75 Å². The molecule has 0 fully saturated rings. The minimum Gasteiger partial charge on any atom is -0.382 e. The zero-order valence-corrected chi connectivity index (χ0v) is 13.3. The van der Waals surface area contributed by atoms with Crippen molar-refractivity contribution in [2.45, 2.75) is 43.9 Å². The standard InChI is InChI=1S/C13H21N3O2S2/c1-2-20(17,18)11-12(14)16-19-13(11)15-9-8-10-6-4-3-5-7-10/h6,15H,2-5,7-9H2,1H3,(H2,14,16). The van der Waals surface area contributed by atoms with Crippen LogP contribution in [0.1, 0.15) is 39.0 Å². The first kappa shape index (κ1) is 15.3. The Bertz CT molecular complexity index is 591. The normalized spacial score (nSPS) is 15.9. The highest BCUT2D eigenvalue weighted by Crippen LogP contribution is 2.32. The van der Waals surface area contributed by atoms with E-state index in [1.165, 1.54) is 18.4 Å². The summed E-state index contributed by atoms with van der Waals surface area (Å²) < 4.78 is 28.0. The summed E-state index contributed by atoms with van der Waals surface area (Å²) in [6.07, 6.45) is 8.11. The molecule has 0 atom stereocenters. The zero-order valence-electron chi connectivity index (χ0n) is 11.7. The molecule has 0 radical (unpaired) electrons. The Balaban J connectivity index is 2.02. The third kappa shape index (κ3) is 3.52. The van der Waals surface area contributed by atoms with E-state index in [4.69, 9.17) is 5.73 Å². The van der Waals surface area contributed by atoms with Gasteiger partial charge in [0.2, 0.25) is 0 Å². The van der Waals surface area contributed by atoms with Crippen molar-refractivity contribution in [3.05, 3.63) is 11.6 Å². The fourth-order valence-electron chi connectivity index (χ4n) is 2.32. The Morgan fingerprint density at radius 3 is 2.90 bits per heavy atom. The molecule has 1 aromatic rings. The molecule has 0 bridgehead atoms. The van der Waals surface area contributed by atoms with E-state index in [-0.39, 0.29) is 16.5 Å². The second kappa shape index (κ2) is 6.58. The predicted molar refractivity (Wildman–Crippen MR) is 83.9 cm³/mol. The number of rotatable bonds is 6. The van der Waals surface area contributed by atoms with Crippen molar-refractivity contribution in [3.8, 4) is 0 Å². The second-order valence-corrected chi connectivity index (χ2v) is 7.90. The average Bonchev–Trinajstić information content (AvgIpc) is 2.82. The summed E-state index contributed by atoms with van der Waals surface area (Å²) >= 11 is 1.12. The molecule has 1 aromatic heterocycles. The largest absolute Gasteiger partial charge is 0.382 e. The van der Waals surface area contributed by atoms with Gasteiger partial charge in [0.25, 0.3) is 0 Å². The van der Waals surface area contributed by atoms with Crippen LogP contribution in [0.5, 0.6) is 0 Å². The highest BCUT2D eigenvalue weighted by molar-refractivity contribution is 7.91. The Morgan fingerprint density at radius 2 is 2.25 bits per heavy atom. The van der Waals surface area contributed by atoms with Crippen LogP contribution in [0.2, 0.25) is 0 Å². The third-order valence-corrected chi connectivity index (χ3v) is 6.23. The minimum absolute atomic E-state index is 0.0371. The molecule has 7 heteroatoms. The fourth-order valence-corrected chi connectivity index (χ4v) is 4.51. The van der Waals surface area contributed by atoms with Gasteiger partial charge in [-0.15, -0.1) is 0 Å². The fraction of sp³-hybridized carbons (Fsp3) is 0.615. The lowest BCUT2D eigenvalue weighted by atomic mass is 9.97. The monoisotopic (exact) mass is 315 g/mol. The van der Waals surface area contributed by atoms with Gasteiger partial charge in [-0.05, 0) is 43.6 Å². The van der Waals surface area contributed by atoms with Crippen LogP contribution in [0.3, 0.4) is 0 Å². The summed E-state index contributed by atoms with van der Waals surface area (Å²) in [4.78, 5) is 0.169. The quantitative estimate of drug-likeness (QED) is 0.788. The molecule has 0 amide bonds. The molecule has 1 heterocycles. The number of nitrogens with one attached hydrogen (secondary N) is 1. The van der Waals surface area contributed by atoms with E-state index in [1.54, 1.807) is 6.92 Å². The highest BCUT2D eigenvalue weighted by atomic mass is 32.2. The summed E-state index contributed by atoms with van der Waals surface area (Å²) in [7, 11) is -3.33. The van der Waals surface area contributed by atoms with Crippen LogP contribution in [0.25, 0.3) is 0 Å². The van der Waals surface area contributed by atoms with Crippen LogP contribution in [-0.4, -0.2) is 25.1 Å². The molecule has 5 nitrogen and oxygen atoms in total. The summed E-state index contributed by atoms with van der Waals surface area (Å²) in [6.45, 7) is 2.34. The van der Waals surface area contributed by atoms with Gasteiger partial charge < -0.3 is 11.1 Å². The molecule has 2 rings (SSSR count). The molecular weight excluding hydrogens is 294 g/mol. The van der Waals surface area contributed by atoms with Crippen LogP contribution in [0.15, 0.2) is 16.5 Å². The number of allylic oxidation sites excluding steroid dienone is 1. The third-order valence-electron chi connectivity index (χ3n) is 3.48. The number of anilines is 2. The number of nitrogens with two attached hydrogens (primary N) is 1. The van der Waals surface area contributed by atoms with Crippen molar-refractivity contribution in [2.24, 2.45) is 0 Å². The lowest BCUT2D eigenvalue weighted by Gasteiger charge is -2.13. The van der Waals surface area contributed by atoms with Gasteiger partial charge in [0, 0.05) is 6.54 Å². The van der Waals surface area contributed by atoms with E-state index < -0.39 is 9.84 Å². The van der Waals surface area contributed by atoms with Gasteiger partial charge in [0.1, 0.15) is 9.90 Å². The molecular formula is C13H21N3O2S2. The number of nitrogens with zero attached hydrogens (tertiary/aromatic N) is 1. The number of sulfone groups is 1. The van der Waals surface area contributed by atoms with Crippen molar-refractivity contribution in [2.75, 3.05) is 23.3 Å². The number of hydrogen-bond donors (Lipinski definition) is 2. The maximum absolute atomic E-state index is 12.0. The van der Waals surface area contributed by atoms with Crippen molar-refractivity contribution < 1.29 is 8.42 Å². The van der Waals surface area contributed by atoms with E-state index in [0.717, 1.165) is 37.3 Å². The first-order valence-electron chi connectivity index (χ1n) is 6.94.